The van der Waals surface area contributed by atoms with Crippen molar-refractivity contribution >= 4 is 43.1 Å². The maximum atomic E-state index is 2.30. The van der Waals surface area contributed by atoms with Gasteiger partial charge in [0.15, 0.2) is 0 Å². The lowest BCUT2D eigenvalue weighted by molar-refractivity contribution is 1.61. The van der Waals surface area contributed by atoms with Crippen molar-refractivity contribution in [2.75, 3.05) is 0 Å². The monoisotopic (exact) mass is 506 g/mol. The van der Waals surface area contributed by atoms with Crippen LogP contribution in [0.15, 0.2) is 158 Å². The van der Waals surface area contributed by atoms with Crippen LogP contribution in [0.4, 0.5) is 0 Å². The molecule has 0 amide bonds. The molecule has 0 aromatic heterocycles. The Labute approximate surface area is 233 Å². The largest absolute Gasteiger partial charge is 0.0622 e. The van der Waals surface area contributed by atoms with Crippen molar-refractivity contribution in [1.29, 1.82) is 0 Å². The van der Waals surface area contributed by atoms with Gasteiger partial charge in [-0.3, -0.25) is 0 Å². The summed E-state index contributed by atoms with van der Waals surface area (Å²) in [5, 5.41) is 10.3. The van der Waals surface area contributed by atoms with Gasteiger partial charge in [0.25, 0.3) is 0 Å². The topological polar surface area (TPSA) is 0 Å². The Kier molecular flexibility index (Phi) is 5.24. The molecule has 0 spiro atoms. The Morgan fingerprint density at radius 1 is 0.250 bits per heavy atom. The second-order valence-electron chi connectivity index (χ2n) is 10.5. The third kappa shape index (κ3) is 3.54. The number of benzene rings is 8. The van der Waals surface area contributed by atoms with Crippen LogP contribution in [0.1, 0.15) is 0 Å². The summed E-state index contributed by atoms with van der Waals surface area (Å²) in [7, 11) is 0. The smallest absolute Gasteiger partial charge is 0.00199 e. The molecule has 8 aromatic rings. The molecule has 0 unspecified atom stereocenters. The lowest BCUT2D eigenvalue weighted by Gasteiger charge is -2.19. The van der Waals surface area contributed by atoms with Gasteiger partial charge in [0, 0.05) is 0 Å². The fourth-order valence-corrected chi connectivity index (χ4v) is 6.46. The molecule has 0 nitrogen and oxygen atoms in total. The summed E-state index contributed by atoms with van der Waals surface area (Å²) in [6.07, 6.45) is 0. The highest BCUT2D eigenvalue weighted by Gasteiger charge is 2.18. The predicted octanol–water partition coefficient (Wildman–Crippen LogP) is 11.3. The summed E-state index contributed by atoms with van der Waals surface area (Å²) in [6, 6.07) is 57.5. The van der Waals surface area contributed by atoms with Gasteiger partial charge in [-0.05, 0) is 76.5 Å². The quantitative estimate of drug-likeness (QED) is 0.165. The van der Waals surface area contributed by atoms with Crippen LogP contribution in [0.2, 0.25) is 0 Å². The van der Waals surface area contributed by atoms with Crippen LogP contribution < -0.4 is 0 Å². The molecule has 0 saturated carbocycles. The zero-order valence-corrected chi connectivity index (χ0v) is 22.0. The van der Waals surface area contributed by atoms with Gasteiger partial charge in [-0.1, -0.05) is 158 Å². The lowest BCUT2D eigenvalue weighted by atomic mass is 9.84. The molecule has 40 heavy (non-hydrogen) atoms. The Bertz CT molecular complexity index is 2130. The fourth-order valence-electron chi connectivity index (χ4n) is 6.46. The van der Waals surface area contributed by atoms with Crippen molar-refractivity contribution in [2.45, 2.75) is 0 Å². The maximum Gasteiger partial charge on any atom is -0.00199 e. The molecular formula is C40H26. The van der Waals surface area contributed by atoms with Crippen molar-refractivity contribution in [2.24, 2.45) is 0 Å². The van der Waals surface area contributed by atoms with Crippen molar-refractivity contribution in [3.63, 3.8) is 0 Å². The number of rotatable bonds is 3. The molecule has 0 N–H and O–H groups in total. The van der Waals surface area contributed by atoms with E-state index in [4.69, 9.17) is 0 Å². The average Bonchev–Trinajstić information content (AvgIpc) is 3.04. The second kappa shape index (κ2) is 9.22. The van der Waals surface area contributed by atoms with Crippen LogP contribution in [0.25, 0.3) is 76.5 Å². The molecule has 0 bridgehead atoms. The molecule has 0 heteroatoms. The van der Waals surface area contributed by atoms with Crippen LogP contribution in [0, 0.1) is 0 Å². The van der Waals surface area contributed by atoms with E-state index >= 15 is 0 Å². The van der Waals surface area contributed by atoms with Gasteiger partial charge in [-0.25, -0.2) is 0 Å². The number of hydrogen-bond acceptors (Lipinski definition) is 0. The highest BCUT2D eigenvalue weighted by molar-refractivity contribution is 6.26. The van der Waals surface area contributed by atoms with Crippen molar-refractivity contribution < 1.29 is 0 Å². The van der Waals surface area contributed by atoms with Crippen molar-refractivity contribution in [3.8, 4) is 33.4 Å². The van der Waals surface area contributed by atoms with E-state index in [1.165, 1.54) is 76.5 Å². The highest BCUT2D eigenvalue weighted by atomic mass is 14.2. The Morgan fingerprint density at radius 3 is 1.40 bits per heavy atom. The summed E-state index contributed by atoms with van der Waals surface area (Å²) in [5.74, 6) is 0. The van der Waals surface area contributed by atoms with Crippen LogP contribution in [0.5, 0.6) is 0 Å². The molecule has 8 aromatic carbocycles. The first-order chi connectivity index (χ1) is 19.9. The molecule has 186 valence electrons. The molecular weight excluding hydrogens is 480 g/mol. The van der Waals surface area contributed by atoms with E-state index in [1.54, 1.807) is 0 Å². The van der Waals surface area contributed by atoms with Crippen LogP contribution in [0.3, 0.4) is 0 Å². The van der Waals surface area contributed by atoms with Gasteiger partial charge in [-0.2, -0.15) is 0 Å². The minimum atomic E-state index is 1.23. The summed E-state index contributed by atoms with van der Waals surface area (Å²) in [5.41, 5.74) is 7.59. The molecule has 0 saturated heterocycles. The van der Waals surface area contributed by atoms with E-state index in [2.05, 4.69) is 158 Å². The minimum absolute atomic E-state index is 1.23. The minimum Gasteiger partial charge on any atom is -0.0622 e. The second-order valence-corrected chi connectivity index (χ2v) is 10.5. The molecule has 0 aliphatic rings. The van der Waals surface area contributed by atoms with E-state index < -0.39 is 0 Å². The highest BCUT2D eigenvalue weighted by Crippen LogP contribution is 2.46. The summed E-state index contributed by atoms with van der Waals surface area (Å²) in [6.45, 7) is 0. The molecule has 0 heterocycles. The van der Waals surface area contributed by atoms with E-state index in [0.29, 0.717) is 0 Å². The molecule has 0 fully saturated rings. The standard InChI is InChI=1S/C40H26/c1-2-11-27(12-3-1)28-21-24-31(25-22-28)39-33-16-6-8-18-35(33)40(36-19-9-7-17-34(36)39)37-20-10-14-30-26-23-29-13-4-5-15-32(29)38(30)37/h1-26H. The maximum absolute atomic E-state index is 2.30. The van der Waals surface area contributed by atoms with Gasteiger partial charge in [0.2, 0.25) is 0 Å². The summed E-state index contributed by atoms with van der Waals surface area (Å²) >= 11 is 0. The first-order valence-electron chi connectivity index (χ1n) is 13.9. The molecule has 0 aliphatic carbocycles. The van der Waals surface area contributed by atoms with Crippen molar-refractivity contribution in [1.82, 2.24) is 0 Å². The average molecular weight is 507 g/mol. The summed E-state index contributed by atoms with van der Waals surface area (Å²) < 4.78 is 0. The third-order valence-electron chi connectivity index (χ3n) is 8.25. The SMILES string of the molecule is c1ccc(-c2ccc(-c3c4ccccc4c(-c4cccc5ccc6ccccc6c45)c4ccccc34)cc2)cc1. The fraction of sp³-hybridized carbons (Fsp3) is 0. The molecule has 8 rings (SSSR count). The van der Waals surface area contributed by atoms with Crippen LogP contribution in [-0.4, -0.2) is 0 Å². The molecule has 0 atom stereocenters. The molecule has 0 radical (unpaired) electrons. The summed E-state index contributed by atoms with van der Waals surface area (Å²) in [4.78, 5) is 0. The van der Waals surface area contributed by atoms with E-state index in [-0.39, 0.29) is 0 Å². The van der Waals surface area contributed by atoms with E-state index in [0.717, 1.165) is 0 Å². The van der Waals surface area contributed by atoms with Crippen LogP contribution >= 0.6 is 0 Å². The van der Waals surface area contributed by atoms with Crippen molar-refractivity contribution in [3.05, 3.63) is 158 Å². The zero-order chi connectivity index (χ0) is 26.5. The van der Waals surface area contributed by atoms with Gasteiger partial charge in [0.1, 0.15) is 0 Å². The number of fused-ring (bicyclic) bond motifs is 5. The van der Waals surface area contributed by atoms with Gasteiger partial charge in [0.05, 0.1) is 0 Å². The molecule has 0 aliphatic heterocycles. The normalized spacial score (nSPS) is 11.5. The zero-order valence-electron chi connectivity index (χ0n) is 22.0. The van der Waals surface area contributed by atoms with E-state index in [1.807, 2.05) is 0 Å². The van der Waals surface area contributed by atoms with Gasteiger partial charge < -0.3 is 0 Å². The van der Waals surface area contributed by atoms with E-state index in [9.17, 15) is 0 Å². The Balaban J connectivity index is 1.46. The van der Waals surface area contributed by atoms with Gasteiger partial charge in [-0.15, -0.1) is 0 Å². The predicted molar refractivity (Wildman–Crippen MR) is 173 cm³/mol. The van der Waals surface area contributed by atoms with Gasteiger partial charge >= 0.3 is 0 Å². The van der Waals surface area contributed by atoms with Crippen LogP contribution in [-0.2, 0) is 0 Å². The Morgan fingerprint density at radius 2 is 0.725 bits per heavy atom. The first kappa shape index (κ1) is 22.8. The Hall–Kier alpha value is -5.20. The number of hydrogen-bond donors (Lipinski definition) is 0. The lowest BCUT2D eigenvalue weighted by Crippen LogP contribution is -1.92. The third-order valence-corrected chi connectivity index (χ3v) is 8.25. The first-order valence-corrected chi connectivity index (χ1v) is 13.9.